The summed E-state index contributed by atoms with van der Waals surface area (Å²) in [6, 6.07) is 3.61. The highest BCUT2D eigenvalue weighted by molar-refractivity contribution is 9.10. The van der Waals surface area contributed by atoms with Crippen molar-refractivity contribution in [3.05, 3.63) is 28.5 Å². The first-order valence-electron chi connectivity index (χ1n) is 7.06. The SMILES string of the molecule is CCOC(=O)CC(C)(NS(=O)C(C)(C)C)c1cc(Br)ccn1. The summed E-state index contributed by atoms with van der Waals surface area (Å²) in [7, 11) is -1.35. The van der Waals surface area contributed by atoms with Gasteiger partial charge in [0.2, 0.25) is 0 Å². The first-order chi connectivity index (χ1) is 10.1. The molecule has 0 saturated heterocycles. The van der Waals surface area contributed by atoms with Crippen molar-refractivity contribution in [3.63, 3.8) is 0 Å². The lowest BCUT2D eigenvalue weighted by Gasteiger charge is -2.32. The number of nitrogens with zero attached hydrogens (tertiary/aromatic N) is 1. The Kier molecular flexibility index (Phi) is 6.70. The second kappa shape index (κ2) is 7.66. The summed E-state index contributed by atoms with van der Waals surface area (Å²) in [5, 5.41) is 0. The van der Waals surface area contributed by atoms with Crippen LogP contribution in [-0.2, 0) is 26.1 Å². The molecule has 1 N–H and O–H groups in total. The maximum Gasteiger partial charge on any atom is 0.308 e. The van der Waals surface area contributed by atoms with Crippen molar-refractivity contribution < 1.29 is 13.7 Å². The molecule has 124 valence electrons. The zero-order valence-electron chi connectivity index (χ0n) is 13.6. The minimum Gasteiger partial charge on any atom is -0.466 e. The van der Waals surface area contributed by atoms with Gasteiger partial charge in [0.25, 0.3) is 0 Å². The molecule has 0 bridgehead atoms. The Morgan fingerprint density at radius 2 is 2.05 bits per heavy atom. The monoisotopic (exact) mass is 390 g/mol. The molecule has 22 heavy (non-hydrogen) atoms. The third-order valence-electron chi connectivity index (χ3n) is 2.96. The average molecular weight is 391 g/mol. The quantitative estimate of drug-likeness (QED) is 0.757. The van der Waals surface area contributed by atoms with E-state index in [1.54, 1.807) is 19.2 Å². The lowest BCUT2D eigenvalue weighted by atomic mass is 9.94. The highest BCUT2D eigenvalue weighted by atomic mass is 79.9. The molecule has 0 aliphatic carbocycles. The first-order valence-corrected chi connectivity index (χ1v) is 9.00. The second-order valence-electron chi connectivity index (χ2n) is 6.16. The van der Waals surface area contributed by atoms with Crippen LogP contribution in [0, 0.1) is 0 Å². The van der Waals surface area contributed by atoms with Crippen LogP contribution in [0.2, 0.25) is 0 Å². The van der Waals surface area contributed by atoms with Gasteiger partial charge in [0.15, 0.2) is 0 Å². The Morgan fingerprint density at radius 1 is 1.41 bits per heavy atom. The van der Waals surface area contributed by atoms with E-state index >= 15 is 0 Å². The van der Waals surface area contributed by atoms with E-state index in [0.717, 1.165) is 4.47 Å². The third-order valence-corrected chi connectivity index (χ3v) is 5.21. The Morgan fingerprint density at radius 3 is 2.55 bits per heavy atom. The van der Waals surface area contributed by atoms with E-state index in [9.17, 15) is 9.00 Å². The summed E-state index contributed by atoms with van der Waals surface area (Å²) in [6.45, 7) is 9.48. The number of halogens is 1. The van der Waals surface area contributed by atoms with E-state index in [1.807, 2.05) is 33.8 Å². The third kappa shape index (κ3) is 5.44. The molecule has 5 nitrogen and oxygen atoms in total. The molecule has 2 atom stereocenters. The van der Waals surface area contributed by atoms with Crippen molar-refractivity contribution in [2.45, 2.75) is 51.3 Å². The number of carbonyl (C=O) groups is 1. The van der Waals surface area contributed by atoms with Crippen LogP contribution in [-0.4, -0.2) is 26.5 Å². The van der Waals surface area contributed by atoms with E-state index in [0.29, 0.717) is 12.3 Å². The molecule has 1 aromatic rings. The molecule has 0 fully saturated rings. The Balaban J connectivity index is 3.14. The van der Waals surface area contributed by atoms with Crippen LogP contribution in [0.25, 0.3) is 0 Å². The number of pyridine rings is 1. The molecule has 0 aromatic carbocycles. The van der Waals surface area contributed by atoms with Crippen molar-refractivity contribution in [2.75, 3.05) is 6.61 Å². The number of nitrogens with one attached hydrogen (secondary N) is 1. The number of hydrogen-bond donors (Lipinski definition) is 1. The number of carbonyl (C=O) groups excluding carboxylic acids is 1. The maximum absolute atomic E-state index is 12.5. The maximum atomic E-state index is 12.5. The largest absolute Gasteiger partial charge is 0.466 e. The molecule has 0 aliphatic rings. The van der Waals surface area contributed by atoms with Gasteiger partial charge in [0.1, 0.15) is 0 Å². The number of hydrogen-bond acceptors (Lipinski definition) is 4. The summed E-state index contributed by atoms with van der Waals surface area (Å²) < 4.78 is 21.0. The van der Waals surface area contributed by atoms with Gasteiger partial charge in [-0.3, -0.25) is 9.78 Å². The second-order valence-corrected chi connectivity index (χ2v) is 9.04. The van der Waals surface area contributed by atoms with Crippen LogP contribution in [0.5, 0.6) is 0 Å². The van der Waals surface area contributed by atoms with Gasteiger partial charge in [-0.2, -0.15) is 0 Å². The average Bonchev–Trinajstić information content (AvgIpc) is 2.37. The predicted octanol–water partition coefficient (Wildman–Crippen LogP) is 3.06. The highest BCUT2D eigenvalue weighted by Crippen LogP contribution is 2.28. The molecule has 0 aliphatic heterocycles. The summed E-state index contributed by atoms with van der Waals surface area (Å²) in [5.41, 5.74) is -0.249. The van der Waals surface area contributed by atoms with Gasteiger partial charge in [-0.25, -0.2) is 8.93 Å². The van der Waals surface area contributed by atoms with Crippen molar-refractivity contribution in [3.8, 4) is 0 Å². The van der Waals surface area contributed by atoms with E-state index in [4.69, 9.17) is 4.74 Å². The molecule has 1 aromatic heterocycles. The van der Waals surface area contributed by atoms with Crippen LogP contribution < -0.4 is 4.72 Å². The van der Waals surface area contributed by atoms with Crippen LogP contribution in [0.3, 0.4) is 0 Å². The lowest BCUT2D eigenvalue weighted by molar-refractivity contribution is -0.144. The van der Waals surface area contributed by atoms with Gasteiger partial charge < -0.3 is 4.74 Å². The van der Waals surface area contributed by atoms with Gasteiger partial charge in [-0.1, -0.05) is 15.9 Å². The molecule has 1 heterocycles. The van der Waals surface area contributed by atoms with Crippen LogP contribution in [0.15, 0.2) is 22.8 Å². The topological polar surface area (TPSA) is 68.3 Å². The molecule has 0 amide bonds. The minimum atomic E-state index is -1.35. The van der Waals surface area contributed by atoms with Gasteiger partial charge in [0.05, 0.1) is 40.0 Å². The number of rotatable bonds is 6. The van der Waals surface area contributed by atoms with E-state index < -0.39 is 21.3 Å². The fraction of sp³-hybridized carbons (Fsp3) is 0.600. The van der Waals surface area contributed by atoms with Crippen LogP contribution in [0.1, 0.15) is 46.7 Å². The van der Waals surface area contributed by atoms with Crippen molar-refractivity contribution in [1.29, 1.82) is 0 Å². The highest BCUT2D eigenvalue weighted by Gasteiger charge is 2.36. The molecule has 0 spiro atoms. The van der Waals surface area contributed by atoms with Crippen molar-refractivity contribution in [2.24, 2.45) is 0 Å². The van der Waals surface area contributed by atoms with Crippen molar-refractivity contribution >= 4 is 32.9 Å². The Labute approximate surface area is 143 Å². The van der Waals surface area contributed by atoms with Gasteiger partial charge in [-0.05, 0) is 46.8 Å². The molecule has 2 unspecified atom stereocenters. The standard InChI is InChI=1S/C15H23BrN2O3S/c1-6-21-13(19)10-15(5,18-22(20)14(2,3)4)12-9-11(16)7-8-17-12/h7-9,18H,6,10H2,1-5H3. The lowest BCUT2D eigenvalue weighted by Crippen LogP contribution is -2.48. The zero-order valence-corrected chi connectivity index (χ0v) is 16.0. The summed E-state index contributed by atoms with van der Waals surface area (Å²) in [6.07, 6.45) is 1.69. The fourth-order valence-corrected chi connectivity index (χ4v) is 2.97. The molecule has 0 saturated carbocycles. The van der Waals surface area contributed by atoms with E-state index in [2.05, 4.69) is 25.6 Å². The summed E-state index contributed by atoms with van der Waals surface area (Å²) in [5.74, 6) is -0.356. The fourth-order valence-electron chi connectivity index (χ4n) is 1.74. The van der Waals surface area contributed by atoms with Crippen molar-refractivity contribution in [1.82, 2.24) is 9.71 Å². The zero-order chi connectivity index (χ0) is 17.0. The molecular weight excluding hydrogens is 368 g/mol. The van der Waals surface area contributed by atoms with Gasteiger partial charge >= 0.3 is 5.97 Å². The Bertz CT molecular complexity index is 560. The summed E-state index contributed by atoms with van der Waals surface area (Å²) >= 11 is 3.40. The van der Waals surface area contributed by atoms with E-state index in [1.165, 1.54) is 0 Å². The van der Waals surface area contributed by atoms with Gasteiger partial charge in [-0.15, -0.1) is 0 Å². The minimum absolute atomic E-state index is 0.0477. The molecule has 7 heteroatoms. The number of aromatic nitrogens is 1. The normalized spacial score (nSPS) is 15.9. The van der Waals surface area contributed by atoms with Crippen LogP contribution in [0.4, 0.5) is 0 Å². The molecule has 1 rings (SSSR count). The Hall–Kier alpha value is -0.790. The van der Waals surface area contributed by atoms with Gasteiger partial charge in [0, 0.05) is 10.7 Å². The smallest absolute Gasteiger partial charge is 0.308 e. The van der Waals surface area contributed by atoms with E-state index in [-0.39, 0.29) is 12.4 Å². The molecule has 0 radical (unpaired) electrons. The molecular formula is C15H23BrN2O3S. The number of esters is 1. The van der Waals surface area contributed by atoms with Crippen LogP contribution >= 0.6 is 15.9 Å². The summed E-state index contributed by atoms with van der Waals surface area (Å²) in [4.78, 5) is 16.3. The number of ether oxygens (including phenoxy) is 1. The first kappa shape index (κ1) is 19.3. The predicted molar refractivity (Wildman–Crippen MR) is 91.6 cm³/mol.